The maximum absolute atomic E-state index is 12.9. The van der Waals surface area contributed by atoms with Gasteiger partial charge in [-0.15, -0.1) is 0 Å². The van der Waals surface area contributed by atoms with Crippen LogP contribution in [-0.2, 0) is 28.6 Å². The molecule has 0 fully saturated rings. The molecule has 0 radical (unpaired) electrons. The second-order valence-electron chi connectivity index (χ2n) is 20.6. The predicted molar refractivity (Wildman–Crippen MR) is 334 cm³/mol. The molecule has 0 heterocycles. The lowest BCUT2D eigenvalue weighted by Crippen LogP contribution is -2.30. The first-order chi connectivity index (χ1) is 38.0. The maximum Gasteiger partial charge on any atom is 0.306 e. The molecule has 0 aliphatic carbocycles. The molecule has 0 aromatic rings. The van der Waals surface area contributed by atoms with Crippen LogP contribution < -0.4 is 0 Å². The molecular formula is C71H116O6. The molecular weight excluding hydrogens is 949 g/mol. The summed E-state index contributed by atoms with van der Waals surface area (Å²) in [6.45, 7) is 6.39. The summed E-state index contributed by atoms with van der Waals surface area (Å²) in [5.41, 5.74) is 0. The molecule has 436 valence electrons. The van der Waals surface area contributed by atoms with Crippen LogP contribution in [0.3, 0.4) is 0 Å². The van der Waals surface area contributed by atoms with Gasteiger partial charge in [-0.3, -0.25) is 14.4 Å². The quantitative estimate of drug-likeness (QED) is 0.0261. The zero-order chi connectivity index (χ0) is 55.7. The third kappa shape index (κ3) is 62.3. The largest absolute Gasteiger partial charge is 0.462 e. The summed E-state index contributed by atoms with van der Waals surface area (Å²) >= 11 is 0. The molecule has 0 amide bonds. The molecule has 0 aliphatic rings. The van der Waals surface area contributed by atoms with E-state index in [4.69, 9.17) is 14.2 Å². The standard InChI is InChI=1S/C71H116O6/c1-4-7-10-13-16-19-22-24-26-28-30-32-34-35-37-38-40-42-44-46-49-52-55-58-61-64-70(73)76-67-68(66-75-69(72)63-60-57-54-51-48-21-18-15-12-9-6-3)77-71(74)65-62-59-56-53-50-47-45-43-41-39-36-33-31-29-27-25-23-20-17-14-11-8-5-2/h7-8,10-11,16-17,19-20,24-27,30-33,35,37,39-42,68H,4-6,9,12-15,18,21-23,28-29,34,36,38,43-67H2,1-3H3/b10-7-,11-8-,19-16-,20-17-,26-24-,27-25-,32-30-,33-31-,37-35-,41-39-,42-40-. The summed E-state index contributed by atoms with van der Waals surface area (Å²) < 4.78 is 16.9. The Hall–Kier alpha value is -4.45. The average molecular weight is 1070 g/mol. The number of ether oxygens (including phenoxy) is 3. The van der Waals surface area contributed by atoms with Crippen LogP contribution in [-0.4, -0.2) is 37.2 Å². The van der Waals surface area contributed by atoms with E-state index in [1.54, 1.807) is 0 Å². The maximum atomic E-state index is 12.9. The van der Waals surface area contributed by atoms with Crippen LogP contribution in [0.25, 0.3) is 0 Å². The molecule has 0 saturated carbocycles. The van der Waals surface area contributed by atoms with Gasteiger partial charge >= 0.3 is 17.9 Å². The molecule has 0 saturated heterocycles. The molecule has 0 spiro atoms. The molecule has 6 nitrogen and oxygen atoms in total. The first-order valence-electron chi connectivity index (χ1n) is 31.7. The van der Waals surface area contributed by atoms with Gasteiger partial charge in [-0.25, -0.2) is 0 Å². The number of esters is 3. The van der Waals surface area contributed by atoms with Crippen molar-refractivity contribution in [1.82, 2.24) is 0 Å². The van der Waals surface area contributed by atoms with E-state index < -0.39 is 6.10 Å². The van der Waals surface area contributed by atoms with Crippen LogP contribution in [0, 0.1) is 0 Å². The lowest BCUT2D eigenvalue weighted by molar-refractivity contribution is -0.167. The van der Waals surface area contributed by atoms with E-state index in [0.29, 0.717) is 19.3 Å². The van der Waals surface area contributed by atoms with Gasteiger partial charge in [0.05, 0.1) is 0 Å². The molecule has 1 unspecified atom stereocenters. The molecule has 0 aliphatic heterocycles. The van der Waals surface area contributed by atoms with Crippen molar-refractivity contribution in [1.29, 1.82) is 0 Å². The van der Waals surface area contributed by atoms with Crippen molar-refractivity contribution in [3.8, 4) is 0 Å². The Morgan fingerprint density at radius 3 is 0.792 bits per heavy atom. The Morgan fingerprint density at radius 1 is 0.273 bits per heavy atom. The third-order valence-corrected chi connectivity index (χ3v) is 13.2. The van der Waals surface area contributed by atoms with Gasteiger partial charge in [0.2, 0.25) is 0 Å². The fourth-order valence-corrected chi connectivity index (χ4v) is 8.47. The number of hydrogen-bond acceptors (Lipinski definition) is 6. The normalized spacial score (nSPS) is 13.0. The number of allylic oxidation sites excluding steroid dienone is 22. The summed E-state index contributed by atoms with van der Waals surface area (Å²) in [4.78, 5) is 38.3. The number of rotatable bonds is 56. The molecule has 0 bridgehead atoms. The van der Waals surface area contributed by atoms with Gasteiger partial charge in [-0.2, -0.15) is 0 Å². The van der Waals surface area contributed by atoms with Gasteiger partial charge in [0.15, 0.2) is 6.10 Å². The van der Waals surface area contributed by atoms with E-state index in [9.17, 15) is 14.4 Å². The second kappa shape index (κ2) is 64.1. The molecule has 0 N–H and O–H groups in total. The first kappa shape index (κ1) is 72.5. The van der Waals surface area contributed by atoms with Crippen molar-refractivity contribution in [3.05, 3.63) is 134 Å². The molecule has 1 atom stereocenters. The van der Waals surface area contributed by atoms with Crippen LogP contribution in [0.2, 0.25) is 0 Å². The van der Waals surface area contributed by atoms with Crippen LogP contribution in [0.5, 0.6) is 0 Å². The Labute approximate surface area is 475 Å². The number of hydrogen-bond donors (Lipinski definition) is 0. The van der Waals surface area contributed by atoms with Crippen LogP contribution in [0.4, 0.5) is 0 Å². The molecule has 0 aromatic carbocycles. The van der Waals surface area contributed by atoms with Crippen LogP contribution in [0.1, 0.15) is 278 Å². The van der Waals surface area contributed by atoms with Gasteiger partial charge in [-0.1, -0.05) is 276 Å². The Balaban J connectivity index is 4.38. The summed E-state index contributed by atoms with van der Waals surface area (Å²) in [7, 11) is 0. The minimum atomic E-state index is -0.795. The fourth-order valence-electron chi connectivity index (χ4n) is 8.47. The number of carbonyl (C=O) groups is 3. The van der Waals surface area contributed by atoms with E-state index in [2.05, 4.69) is 154 Å². The van der Waals surface area contributed by atoms with E-state index in [1.165, 1.54) is 89.9 Å². The zero-order valence-corrected chi connectivity index (χ0v) is 49.9. The second-order valence-corrected chi connectivity index (χ2v) is 20.6. The lowest BCUT2D eigenvalue weighted by atomic mass is 10.1. The minimum absolute atomic E-state index is 0.0892. The highest BCUT2D eigenvalue weighted by Gasteiger charge is 2.19. The van der Waals surface area contributed by atoms with Gasteiger partial charge < -0.3 is 14.2 Å². The van der Waals surface area contributed by atoms with Gasteiger partial charge in [0.1, 0.15) is 13.2 Å². The summed E-state index contributed by atoms with van der Waals surface area (Å²) in [5, 5.41) is 0. The predicted octanol–water partition coefficient (Wildman–Crippen LogP) is 21.8. The van der Waals surface area contributed by atoms with Crippen molar-refractivity contribution in [2.24, 2.45) is 0 Å². The minimum Gasteiger partial charge on any atom is -0.462 e. The average Bonchev–Trinajstić information content (AvgIpc) is 3.43. The number of carbonyl (C=O) groups excluding carboxylic acids is 3. The lowest BCUT2D eigenvalue weighted by Gasteiger charge is -2.18. The van der Waals surface area contributed by atoms with Gasteiger partial charge in [-0.05, 0) is 116 Å². The monoisotopic (exact) mass is 1060 g/mol. The Bertz CT molecular complexity index is 1650. The molecule has 0 aromatic heterocycles. The Morgan fingerprint density at radius 2 is 0.506 bits per heavy atom. The first-order valence-corrected chi connectivity index (χ1v) is 31.7. The molecule has 77 heavy (non-hydrogen) atoms. The zero-order valence-electron chi connectivity index (χ0n) is 49.9. The van der Waals surface area contributed by atoms with Crippen LogP contribution >= 0.6 is 0 Å². The van der Waals surface area contributed by atoms with Gasteiger partial charge in [0.25, 0.3) is 0 Å². The highest BCUT2D eigenvalue weighted by atomic mass is 16.6. The fraction of sp³-hybridized carbons (Fsp3) is 0.648. The van der Waals surface area contributed by atoms with Crippen molar-refractivity contribution >= 4 is 17.9 Å². The van der Waals surface area contributed by atoms with Gasteiger partial charge in [0, 0.05) is 19.3 Å². The third-order valence-electron chi connectivity index (χ3n) is 13.2. The Kier molecular flexibility index (Phi) is 60.4. The highest BCUT2D eigenvalue weighted by molar-refractivity contribution is 5.71. The topological polar surface area (TPSA) is 78.9 Å². The van der Waals surface area contributed by atoms with Crippen molar-refractivity contribution < 1.29 is 28.6 Å². The summed E-state index contributed by atoms with van der Waals surface area (Å²) in [6, 6.07) is 0. The highest BCUT2D eigenvalue weighted by Crippen LogP contribution is 2.15. The van der Waals surface area contributed by atoms with Crippen molar-refractivity contribution in [2.45, 2.75) is 284 Å². The molecule has 6 heteroatoms. The van der Waals surface area contributed by atoms with Crippen LogP contribution in [0.15, 0.2) is 134 Å². The van der Waals surface area contributed by atoms with E-state index >= 15 is 0 Å². The summed E-state index contributed by atoms with van der Waals surface area (Å²) in [5.74, 6) is -0.914. The smallest absolute Gasteiger partial charge is 0.306 e. The number of unbranched alkanes of at least 4 members (excludes halogenated alkanes) is 23. The molecule has 0 rings (SSSR count). The van der Waals surface area contributed by atoms with E-state index in [-0.39, 0.29) is 31.1 Å². The van der Waals surface area contributed by atoms with E-state index in [1.807, 2.05) is 0 Å². The summed E-state index contributed by atoms with van der Waals surface area (Å²) in [6.07, 6.45) is 90.2. The SMILES string of the molecule is CC/C=C\C/C=C\C/C=C\C/C=C\C/C=C\C/C=C\CCCCCCCCC(=O)OCC(COC(=O)CCCCCCCCCCCCC)OC(=O)CCCCCCCCC/C=C\C/C=C\C/C=C\C/C=C\C/C=C\CC. The van der Waals surface area contributed by atoms with E-state index in [0.717, 1.165) is 148 Å². The van der Waals surface area contributed by atoms with Crippen molar-refractivity contribution in [3.63, 3.8) is 0 Å². The van der Waals surface area contributed by atoms with Crippen molar-refractivity contribution in [2.75, 3.05) is 13.2 Å².